The molecule has 0 rings (SSSR count). The molecule has 72 valence electrons. The Morgan fingerprint density at radius 1 is 1.08 bits per heavy atom. The van der Waals surface area contributed by atoms with E-state index in [0.29, 0.717) is 3.80 Å². The quantitative estimate of drug-likeness (QED) is 0.537. The molecule has 0 radical (unpaired) electrons. The molecule has 0 amide bonds. The van der Waals surface area contributed by atoms with Gasteiger partial charge in [0.2, 0.25) is 0 Å². The molecule has 0 atom stereocenters. The van der Waals surface area contributed by atoms with Crippen molar-refractivity contribution in [1.29, 1.82) is 0 Å². The van der Waals surface area contributed by atoms with Gasteiger partial charge in [0.1, 0.15) is 0 Å². The van der Waals surface area contributed by atoms with Crippen molar-refractivity contribution in [2.24, 2.45) is 0 Å². The molecule has 0 saturated carbocycles. The second kappa shape index (κ2) is 6.00. The summed E-state index contributed by atoms with van der Waals surface area (Å²) in [5.74, 6) is 0. The molecule has 0 saturated heterocycles. The van der Waals surface area contributed by atoms with E-state index < -0.39 is 18.4 Å². The average molecular weight is 277 g/mol. The third-order valence-electron chi connectivity index (χ3n) is 2.09. The van der Waals surface area contributed by atoms with Gasteiger partial charge in [0.05, 0.1) is 0 Å². The Bertz CT molecular complexity index is 135. The molecule has 0 fully saturated rings. The zero-order valence-electron chi connectivity index (χ0n) is 8.94. The van der Waals surface area contributed by atoms with Crippen molar-refractivity contribution >= 4 is 22.2 Å². The molecule has 0 unspecified atom stereocenters. The van der Waals surface area contributed by atoms with Gasteiger partial charge in [-0.1, -0.05) is 0 Å². The van der Waals surface area contributed by atoms with Crippen molar-refractivity contribution < 1.29 is 4.79 Å². The van der Waals surface area contributed by atoms with Gasteiger partial charge in [-0.2, -0.15) is 0 Å². The van der Waals surface area contributed by atoms with E-state index in [4.69, 9.17) is 0 Å². The summed E-state index contributed by atoms with van der Waals surface area (Å²) in [4.78, 5) is 18.1. The average Bonchev–Trinajstić information content (AvgIpc) is 1.96. The zero-order valence-corrected chi connectivity index (χ0v) is 11.8. The summed E-state index contributed by atoms with van der Waals surface area (Å²) < 4.78 is 0.611. The number of carbonyl (C=O) groups is 1. The Balaban J connectivity index is 3.45. The molecule has 0 heterocycles. The SMILES string of the molecule is CCCCCC[C](=O)[Sn]([CH3])([CH3])[CH3]. The van der Waals surface area contributed by atoms with Crippen LogP contribution in [0.15, 0.2) is 0 Å². The van der Waals surface area contributed by atoms with Crippen LogP contribution in [0.1, 0.15) is 39.0 Å². The molecule has 0 spiro atoms. The van der Waals surface area contributed by atoms with Crippen LogP contribution in [0.25, 0.3) is 0 Å². The van der Waals surface area contributed by atoms with Gasteiger partial charge >= 0.3 is 80.8 Å². The van der Waals surface area contributed by atoms with E-state index in [0.717, 1.165) is 12.8 Å². The molecule has 1 nitrogen and oxygen atoms in total. The standard InChI is InChI=1S/C7H13O.3CH3.Sn/c1-2-3-4-5-6-7-8;;;;/h2-6H2,1H3;3*1H3;. The summed E-state index contributed by atoms with van der Waals surface area (Å²) in [7, 11) is 0. The van der Waals surface area contributed by atoms with Gasteiger partial charge in [-0.25, -0.2) is 0 Å². The second-order valence-electron chi connectivity index (χ2n) is 4.48. The zero-order chi connectivity index (χ0) is 9.61. The van der Waals surface area contributed by atoms with E-state index in [1.165, 1.54) is 19.3 Å². The molecule has 12 heavy (non-hydrogen) atoms. The monoisotopic (exact) mass is 278 g/mol. The summed E-state index contributed by atoms with van der Waals surface area (Å²) in [6.45, 7) is 2.20. The van der Waals surface area contributed by atoms with Gasteiger partial charge in [0.15, 0.2) is 0 Å². The first-order valence-corrected chi connectivity index (χ1v) is 15.0. The van der Waals surface area contributed by atoms with E-state index in [2.05, 4.69) is 21.7 Å². The number of carbonyl (C=O) groups excluding carboxylic acids is 1. The summed E-state index contributed by atoms with van der Waals surface area (Å²) in [5, 5.41) is 0. The Hall–Kier alpha value is 0.469. The van der Waals surface area contributed by atoms with Crippen LogP contribution in [0.4, 0.5) is 0 Å². The third-order valence-corrected chi connectivity index (χ3v) is 7.58. The number of rotatable bonds is 6. The summed E-state index contributed by atoms with van der Waals surface area (Å²) in [5.41, 5.74) is 0. The van der Waals surface area contributed by atoms with Crippen molar-refractivity contribution in [3.05, 3.63) is 0 Å². The third kappa shape index (κ3) is 6.04. The van der Waals surface area contributed by atoms with Crippen LogP contribution in [0, 0.1) is 0 Å². The number of unbranched alkanes of at least 4 members (excludes halogenated alkanes) is 3. The maximum absolute atomic E-state index is 11.5. The first-order valence-electron chi connectivity index (χ1n) is 5.01. The van der Waals surface area contributed by atoms with Crippen LogP contribution >= 0.6 is 0 Å². The first-order chi connectivity index (χ1) is 5.48. The van der Waals surface area contributed by atoms with Crippen LogP contribution < -0.4 is 0 Å². The van der Waals surface area contributed by atoms with Gasteiger partial charge in [-0.05, 0) is 0 Å². The Labute approximate surface area is 80.8 Å². The van der Waals surface area contributed by atoms with E-state index in [9.17, 15) is 4.79 Å². The predicted octanol–water partition coefficient (Wildman–Crippen LogP) is 3.40. The van der Waals surface area contributed by atoms with Gasteiger partial charge in [-0.15, -0.1) is 0 Å². The van der Waals surface area contributed by atoms with Crippen molar-refractivity contribution in [2.75, 3.05) is 0 Å². The van der Waals surface area contributed by atoms with E-state index in [1.807, 2.05) is 0 Å². The van der Waals surface area contributed by atoms with Crippen LogP contribution in [-0.4, -0.2) is 22.2 Å². The van der Waals surface area contributed by atoms with E-state index in [1.54, 1.807) is 0 Å². The predicted molar refractivity (Wildman–Crippen MR) is 57.1 cm³/mol. The van der Waals surface area contributed by atoms with Crippen molar-refractivity contribution in [3.63, 3.8) is 0 Å². The molecule has 0 aliphatic carbocycles. The van der Waals surface area contributed by atoms with Crippen LogP contribution in [0.3, 0.4) is 0 Å². The first kappa shape index (κ1) is 12.5. The van der Waals surface area contributed by atoms with Crippen molar-refractivity contribution in [1.82, 2.24) is 0 Å². The van der Waals surface area contributed by atoms with E-state index in [-0.39, 0.29) is 0 Å². The maximum atomic E-state index is 11.5. The number of hydrogen-bond acceptors (Lipinski definition) is 1. The molecule has 0 aliphatic heterocycles. The fourth-order valence-corrected chi connectivity index (χ4v) is 3.73. The summed E-state index contributed by atoms with van der Waals surface area (Å²) >= 11 is -2.14. The number of hydrogen-bond donors (Lipinski definition) is 0. The molecule has 0 aromatic rings. The minimum atomic E-state index is -2.14. The molecule has 0 N–H and O–H groups in total. The molecule has 2 heteroatoms. The Morgan fingerprint density at radius 3 is 2.08 bits per heavy atom. The Kier molecular flexibility index (Phi) is 6.24. The molecular weight excluding hydrogens is 255 g/mol. The summed E-state index contributed by atoms with van der Waals surface area (Å²) in [6, 6.07) is 0. The van der Waals surface area contributed by atoms with Gasteiger partial charge in [-0.3, -0.25) is 0 Å². The van der Waals surface area contributed by atoms with Crippen LogP contribution in [0.5, 0.6) is 0 Å². The van der Waals surface area contributed by atoms with Crippen LogP contribution in [0.2, 0.25) is 14.8 Å². The van der Waals surface area contributed by atoms with Crippen LogP contribution in [-0.2, 0) is 4.79 Å². The molecule has 0 aromatic carbocycles. The van der Waals surface area contributed by atoms with Gasteiger partial charge in [0, 0.05) is 0 Å². The molecular formula is C10H22OSn. The molecule has 0 bridgehead atoms. The van der Waals surface area contributed by atoms with Gasteiger partial charge < -0.3 is 0 Å². The fourth-order valence-electron chi connectivity index (χ4n) is 1.09. The minimum absolute atomic E-state index is 0.611. The van der Waals surface area contributed by atoms with Crippen molar-refractivity contribution in [2.45, 2.75) is 53.8 Å². The van der Waals surface area contributed by atoms with E-state index >= 15 is 0 Å². The van der Waals surface area contributed by atoms with Crippen molar-refractivity contribution in [3.8, 4) is 0 Å². The molecule has 0 aliphatic rings. The van der Waals surface area contributed by atoms with Gasteiger partial charge in [0.25, 0.3) is 0 Å². The topological polar surface area (TPSA) is 17.1 Å². The normalized spacial score (nSPS) is 11.7. The second-order valence-corrected chi connectivity index (χ2v) is 18.9. The fraction of sp³-hybridized carbons (Fsp3) is 0.900. The Morgan fingerprint density at radius 2 is 1.67 bits per heavy atom. The summed E-state index contributed by atoms with van der Waals surface area (Å²) in [6.07, 6.45) is 5.77. The molecule has 0 aromatic heterocycles.